The molecule has 2 aromatic heterocycles. The Morgan fingerprint density at radius 2 is 2.00 bits per heavy atom. The molecule has 0 aliphatic rings. The Kier molecular flexibility index (Phi) is 4.00. The van der Waals surface area contributed by atoms with Gasteiger partial charge in [0.05, 0.1) is 0 Å². The number of carbonyl (C=O) groups is 1. The summed E-state index contributed by atoms with van der Waals surface area (Å²) in [6, 6.07) is 13.5. The van der Waals surface area contributed by atoms with Crippen LogP contribution >= 0.6 is 0 Å². The third-order valence-corrected chi connectivity index (χ3v) is 3.22. The highest BCUT2D eigenvalue weighted by molar-refractivity contribution is 5.76. The van der Waals surface area contributed by atoms with Crippen LogP contribution in [0.3, 0.4) is 0 Å². The molecule has 0 atom stereocenters. The number of benzene rings is 1. The molecule has 22 heavy (non-hydrogen) atoms. The molecular weight excluding hydrogens is 280 g/mol. The minimum absolute atomic E-state index is 0.0717. The van der Waals surface area contributed by atoms with Crippen LogP contribution < -0.4 is 5.32 Å². The van der Waals surface area contributed by atoms with E-state index in [1.165, 1.54) is 0 Å². The lowest BCUT2D eigenvalue weighted by Gasteiger charge is -2.08. The van der Waals surface area contributed by atoms with E-state index in [2.05, 4.69) is 15.5 Å². The van der Waals surface area contributed by atoms with Crippen molar-refractivity contribution in [3.8, 4) is 11.6 Å². The number of hydrogen-bond acceptors (Lipinski definition) is 4. The van der Waals surface area contributed by atoms with Crippen molar-refractivity contribution in [2.75, 3.05) is 0 Å². The van der Waals surface area contributed by atoms with Crippen LogP contribution in [0.25, 0.3) is 11.6 Å². The molecule has 0 radical (unpaired) electrons. The van der Waals surface area contributed by atoms with E-state index in [0.29, 0.717) is 18.3 Å². The number of nitrogens with one attached hydrogen (secondary N) is 1. The molecule has 0 unspecified atom stereocenters. The maximum atomic E-state index is 12.1. The summed E-state index contributed by atoms with van der Waals surface area (Å²) in [5, 5.41) is 10.7. The standard InChI is InChI=1S/C16H16N4O2/c1-12-18-19-16(22-12)14-8-5-9-20(14)11-15(21)17-10-13-6-3-2-4-7-13/h2-9H,10-11H2,1H3,(H,17,21). The van der Waals surface area contributed by atoms with Crippen molar-refractivity contribution in [3.63, 3.8) is 0 Å². The van der Waals surface area contributed by atoms with E-state index in [9.17, 15) is 4.79 Å². The molecule has 3 aromatic rings. The second kappa shape index (κ2) is 6.26. The van der Waals surface area contributed by atoms with Crippen molar-refractivity contribution in [2.24, 2.45) is 0 Å². The molecule has 0 fully saturated rings. The second-order valence-electron chi connectivity index (χ2n) is 4.91. The number of amides is 1. The first-order chi connectivity index (χ1) is 10.7. The summed E-state index contributed by atoms with van der Waals surface area (Å²) >= 11 is 0. The third-order valence-electron chi connectivity index (χ3n) is 3.22. The van der Waals surface area contributed by atoms with Crippen molar-refractivity contribution < 1.29 is 9.21 Å². The van der Waals surface area contributed by atoms with Crippen LogP contribution in [0.4, 0.5) is 0 Å². The van der Waals surface area contributed by atoms with Gasteiger partial charge in [0.2, 0.25) is 11.8 Å². The zero-order chi connectivity index (χ0) is 15.4. The fraction of sp³-hybridized carbons (Fsp3) is 0.188. The average Bonchev–Trinajstić information content (AvgIpc) is 3.15. The summed E-state index contributed by atoms with van der Waals surface area (Å²) in [6.45, 7) is 2.45. The van der Waals surface area contributed by atoms with Gasteiger partial charge in [-0.25, -0.2) is 0 Å². The van der Waals surface area contributed by atoms with Gasteiger partial charge in [0.15, 0.2) is 0 Å². The topological polar surface area (TPSA) is 73.0 Å². The van der Waals surface area contributed by atoms with Gasteiger partial charge in [-0.05, 0) is 17.7 Å². The van der Waals surface area contributed by atoms with Gasteiger partial charge in [-0.15, -0.1) is 10.2 Å². The number of nitrogens with zero attached hydrogens (tertiary/aromatic N) is 3. The quantitative estimate of drug-likeness (QED) is 0.783. The van der Waals surface area contributed by atoms with Crippen LogP contribution in [-0.2, 0) is 17.9 Å². The highest BCUT2D eigenvalue weighted by atomic mass is 16.4. The highest BCUT2D eigenvalue weighted by Crippen LogP contribution is 2.18. The van der Waals surface area contributed by atoms with Crippen LogP contribution in [0.15, 0.2) is 53.1 Å². The summed E-state index contributed by atoms with van der Waals surface area (Å²) in [5.74, 6) is 0.840. The summed E-state index contributed by atoms with van der Waals surface area (Å²) in [5.41, 5.74) is 1.80. The highest BCUT2D eigenvalue weighted by Gasteiger charge is 2.12. The molecule has 1 aromatic carbocycles. The second-order valence-corrected chi connectivity index (χ2v) is 4.91. The van der Waals surface area contributed by atoms with Crippen LogP contribution in [-0.4, -0.2) is 20.7 Å². The van der Waals surface area contributed by atoms with Crippen molar-refractivity contribution >= 4 is 5.91 Å². The maximum Gasteiger partial charge on any atom is 0.264 e. The number of aromatic nitrogens is 3. The molecule has 1 amide bonds. The molecule has 0 spiro atoms. The first-order valence-corrected chi connectivity index (χ1v) is 6.98. The Morgan fingerprint density at radius 1 is 1.18 bits per heavy atom. The predicted molar refractivity (Wildman–Crippen MR) is 80.7 cm³/mol. The Hall–Kier alpha value is -2.89. The minimum Gasteiger partial charge on any atom is -0.420 e. The van der Waals surface area contributed by atoms with Crippen LogP contribution in [0.1, 0.15) is 11.5 Å². The molecule has 0 bridgehead atoms. The lowest BCUT2D eigenvalue weighted by atomic mass is 10.2. The first kappa shape index (κ1) is 14.1. The van der Waals surface area contributed by atoms with E-state index >= 15 is 0 Å². The Labute approximate surface area is 127 Å². The molecule has 6 nitrogen and oxygen atoms in total. The van der Waals surface area contributed by atoms with Crippen molar-refractivity contribution in [1.29, 1.82) is 0 Å². The van der Waals surface area contributed by atoms with Crippen LogP contribution in [0.5, 0.6) is 0 Å². The fourth-order valence-corrected chi connectivity index (χ4v) is 2.15. The summed E-state index contributed by atoms with van der Waals surface area (Å²) < 4.78 is 7.19. The third kappa shape index (κ3) is 3.22. The van der Waals surface area contributed by atoms with Crippen molar-refractivity contribution in [2.45, 2.75) is 20.0 Å². The lowest BCUT2D eigenvalue weighted by Crippen LogP contribution is -2.27. The lowest BCUT2D eigenvalue weighted by molar-refractivity contribution is -0.121. The molecule has 0 saturated heterocycles. The molecule has 6 heteroatoms. The molecule has 2 heterocycles. The van der Waals surface area contributed by atoms with E-state index in [-0.39, 0.29) is 12.5 Å². The van der Waals surface area contributed by atoms with E-state index in [0.717, 1.165) is 11.3 Å². The van der Waals surface area contributed by atoms with Gasteiger partial charge in [0, 0.05) is 19.7 Å². The Morgan fingerprint density at radius 3 is 2.73 bits per heavy atom. The van der Waals surface area contributed by atoms with Crippen molar-refractivity contribution in [3.05, 3.63) is 60.1 Å². The zero-order valence-corrected chi connectivity index (χ0v) is 12.2. The van der Waals surface area contributed by atoms with Crippen LogP contribution in [0, 0.1) is 6.92 Å². The predicted octanol–water partition coefficient (Wildman–Crippen LogP) is 2.16. The molecule has 112 valence electrons. The molecule has 0 aliphatic carbocycles. The fourth-order valence-electron chi connectivity index (χ4n) is 2.15. The summed E-state index contributed by atoms with van der Waals surface area (Å²) in [6.07, 6.45) is 1.82. The van der Waals surface area contributed by atoms with Gasteiger partial charge in [-0.2, -0.15) is 0 Å². The maximum absolute atomic E-state index is 12.1. The molecule has 0 aliphatic heterocycles. The van der Waals surface area contributed by atoms with E-state index in [1.807, 2.05) is 48.7 Å². The van der Waals surface area contributed by atoms with Gasteiger partial charge < -0.3 is 14.3 Å². The molecule has 3 rings (SSSR count). The minimum atomic E-state index is -0.0717. The SMILES string of the molecule is Cc1nnc(-c2cccn2CC(=O)NCc2ccccc2)o1. The molecule has 0 saturated carbocycles. The van der Waals surface area contributed by atoms with Gasteiger partial charge in [-0.3, -0.25) is 4.79 Å². The largest absolute Gasteiger partial charge is 0.420 e. The zero-order valence-electron chi connectivity index (χ0n) is 12.2. The normalized spacial score (nSPS) is 10.6. The summed E-state index contributed by atoms with van der Waals surface area (Å²) in [4.78, 5) is 12.1. The van der Waals surface area contributed by atoms with Gasteiger partial charge in [0.25, 0.3) is 5.89 Å². The number of carbonyl (C=O) groups excluding carboxylic acids is 1. The first-order valence-electron chi connectivity index (χ1n) is 6.98. The molecule has 1 N–H and O–H groups in total. The Bertz CT molecular complexity index is 761. The van der Waals surface area contributed by atoms with Gasteiger partial charge >= 0.3 is 0 Å². The van der Waals surface area contributed by atoms with Crippen molar-refractivity contribution in [1.82, 2.24) is 20.1 Å². The summed E-state index contributed by atoms with van der Waals surface area (Å²) in [7, 11) is 0. The Balaban J connectivity index is 1.64. The number of hydrogen-bond donors (Lipinski definition) is 1. The van der Waals surface area contributed by atoms with E-state index in [4.69, 9.17) is 4.42 Å². The van der Waals surface area contributed by atoms with E-state index in [1.54, 1.807) is 11.5 Å². The number of rotatable bonds is 5. The molecular formula is C16H16N4O2. The van der Waals surface area contributed by atoms with Gasteiger partial charge in [-0.1, -0.05) is 30.3 Å². The van der Waals surface area contributed by atoms with Gasteiger partial charge in [0.1, 0.15) is 12.2 Å². The monoisotopic (exact) mass is 296 g/mol. The van der Waals surface area contributed by atoms with Crippen LogP contribution in [0.2, 0.25) is 0 Å². The average molecular weight is 296 g/mol. The smallest absolute Gasteiger partial charge is 0.264 e. The van der Waals surface area contributed by atoms with E-state index < -0.39 is 0 Å². The number of aryl methyl sites for hydroxylation is 1.